The summed E-state index contributed by atoms with van der Waals surface area (Å²) in [5, 5.41) is 4.14. The highest BCUT2D eigenvalue weighted by atomic mass is 32.2. The van der Waals surface area contributed by atoms with Gasteiger partial charge in [0.15, 0.2) is 5.54 Å². The maximum absolute atomic E-state index is 14.6. The van der Waals surface area contributed by atoms with Crippen molar-refractivity contribution in [1.29, 1.82) is 0 Å². The van der Waals surface area contributed by atoms with Gasteiger partial charge in [-0.3, -0.25) is 19.4 Å². The summed E-state index contributed by atoms with van der Waals surface area (Å²) in [5.41, 5.74) is 2.69. The minimum Gasteiger partial charge on any atom is -0.313 e. The first-order valence-electron chi connectivity index (χ1n) is 11.1. The molecule has 2 aromatic carbocycles. The number of benzene rings is 2. The average Bonchev–Trinajstić information content (AvgIpc) is 3.57. The van der Waals surface area contributed by atoms with Crippen molar-refractivity contribution in [2.45, 2.75) is 22.7 Å². The van der Waals surface area contributed by atoms with Gasteiger partial charge in [0, 0.05) is 30.8 Å². The van der Waals surface area contributed by atoms with Gasteiger partial charge in [-0.05, 0) is 41.1 Å². The van der Waals surface area contributed by atoms with Gasteiger partial charge >= 0.3 is 0 Å². The molecule has 0 saturated carbocycles. The number of nitrogens with zero attached hydrogens (tertiary/aromatic N) is 3. The first kappa shape index (κ1) is 22.0. The van der Waals surface area contributed by atoms with Crippen LogP contribution in [-0.2, 0) is 21.7 Å². The SMILES string of the molecule is CN1C(=O)C2(c3ccccc31)N(C)CC(c1ccsc1)C21SC(=S)N(Cc2ccccc2)C1=O. The van der Waals surface area contributed by atoms with Crippen LogP contribution in [0.25, 0.3) is 0 Å². The van der Waals surface area contributed by atoms with Crippen molar-refractivity contribution in [3.8, 4) is 0 Å². The number of rotatable bonds is 3. The number of likely N-dealkylation sites (N-methyl/N-ethyl adjacent to an activating group) is 2. The highest BCUT2D eigenvalue weighted by Crippen LogP contribution is 2.66. The van der Waals surface area contributed by atoms with E-state index in [0.29, 0.717) is 17.4 Å². The van der Waals surface area contributed by atoms with Crippen LogP contribution < -0.4 is 4.90 Å². The van der Waals surface area contributed by atoms with E-state index in [4.69, 9.17) is 12.2 Å². The zero-order chi connectivity index (χ0) is 23.7. The van der Waals surface area contributed by atoms with Gasteiger partial charge < -0.3 is 4.90 Å². The number of anilines is 1. The molecule has 3 aliphatic heterocycles. The molecule has 1 aromatic heterocycles. The Kier molecular flexibility index (Phi) is 5.01. The summed E-state index contributed by atoms with van der Waals surface area (Å²) in [6.07, 6.45) is 0. The lowest BCUT2D eigenvalue weighted by Gasteiger charge is -2.42. The molecule has 6 rings (SSSR count). The second kappa shape index (κ2) is 7.75. The van der Waals surface area contributed by atoms with Crippen molar-refractivity contribution < 1.29 is 9.59 Å². The first-order chi connectivity index (χ1) is 16.4. The summed E-state index contributed by atoms with van der Waals surface area (Å²) in [5.74, 6) is -0.326. The number of carbonyl (C=O) groups excluding carboxylic acids is 2. The number of thiocarbonyl (C=S) groups is 1. The van der Waals surface area contributed by atoms with E-state index in [9.17, 15) is 9.59 Å². The minimum atomic E-state index is -1.14. The maximum atomic E-state index is 14.6. The Morgan fingerprint density at radius 2 is 1.74 bits per heavy atom. The summed E-state index contributed by atoms with van der Waals surface area (Å²) in [6, 6.07) is 19.8. The molecular weight excluding hydrogens is 483 g/mol. The predicted molar refractivity (Wildman–Crippen MR) is 141 cm³/mol. The van der Waals surface area contributed by atoms with Crippen LogP contribution in [0, 0.1) is 0 Å². The topological polar surface area (TPSA) is 43.9 Å². The van der Waals surface area contributed by atoms with E-state index in [1.807, 2.05) is 67.0 Å². The third-order valence-corrected chi connectivity index (χ3v) is 10.1. The monoisotopic (exact) mass is 505 g/mol. The largest absolute Gasteiger partial charge is 0.313 e. The Labute approximate surface area is 212 Å². The Bertz CT molecular complexity index is 1310. The van der Waals surface area contributed by atoms with Crippen LogP contribution >= 0.6 is 35.3 Å². The molecule has 172 valence electrons. The zero-order valence-electron chi connectivity index (χ0n) is 18.8. The van der Waals surface area contributed by atoms with Crippen LogP contribution in [-0.4, -0.2) is 51.3 Å². The number of thiophene rings is 1. The van der Waals surface area contributed by atoms with Crippen LogP contribution in [0.2, 0.25) is 0 Å². The molecule has 4 heterocycles. The van der Waals surface area contributed by atoms with E-state index in [1.165, 1.54) is 11.8 Å². The fourth-order valence-electron chi connectivity index (χ4n) is 6.03. The summed E-state index contributed by atoms with van der Waals surface area (Å²) in [6.45, 7) is 0.986. The molecule has 2 fully saturated rings. The molecule has 0 N–H and O–H groups in total. The molecule has 2 amide bonds. The average molecular weight is 506 g/mol. The summed E-state index contributed by atoms with van der Waals surface area (Å²) in [4.78, 5) is 34.4. The fourth-order valence-corrected chi connectivity index (χ4v) is 8.87. The number of hydrogen-bond donors (Lipinski definition) is 0. The quantitative estimate of drug-likeness (QED) is 0.492. The molecule has 2 saturated heterocycles. The fraction of sp³-hybridized carbons (Fsp3) is 0.269. The highest BCUT2D eigenvalue weighted by Gasteiger charge is 2.78. The molecular formula is C26H23N3O2S3. The first-order valence-corrected chi connectivity index (χ1v) is 13.3. The van der Waals surface area contributed by atoms with Gasteiger partial charge in [-0.15, -0.1) is 0 Å². The number of thioether (sulfide) groups is 1. The van der Waals surface area contributed by atoms with Crippen molar-refractivity contribution in [1.82, 2.24) is 9.80 Å². The number of carbonyl (C=O) groups is 2. The molecule has 3 aromatic rings. The number of likely N-dealkylation sites (tertiary alicyclic amines) is 1. The van der Waals surface area contributed by atoms with Crippen LogP contribution in [0.4, 0.5) is 5.69 Å². The van der Waals surface area contributed by atoms with Crippen molar-refractivity contribution in [3.63, 3.8) is 0 Å². The Morgan fingerprint density at radius 3 is 2.47 bits per heavy atom. The van der Waals surface area contributed by atoms with Crippen molar-refractivity contribution >= 4 is 57.1 Å². The molecule has 0 aliphatic carbocycles. The van der Waals surface area contributed by atoms with Crippen LogP contribution in [0.3, 0.4) is 0 Å². The lowest BCUT2D eigenvalue weighted by molar-refractivity contribution is -0.139. The number of amides is 2. The molecule has 0 bridgehead atoms. The standard InChI is InChI=1S/C26H23N3O2S3/c1-27-15-20(18-12-13-33-16-18)26(25(27)19-10-6-7-11-21(19)28(2)22(25)30)23(31)29(24(32)34-26)14-17-8-4-3-5-9-17/h3-13,16,20H,14-15H2,1-2H3. The Hall–Kier alpha value is -2.52. The third-order valence-electron chi connectivity index (χ3n) is 7.49. The van der Waals surface area contributed by atoms with E-state index < -0.39 is 10.3 Å². The van der Waals surface area contributed by atoms with Gasteiger partial charge in [0.2, 0.25) is 5.91 Å². The van der Waals surface area contributed by atoms with E-state index in [-0.39, 0.29) is 17.7 Å². The smallest absolute Gasteiger partial charge is 0.254 e. The van der Waals surface area contributed by atoms with E-state index >= 15 is 0 Å². The molecule has 5 nitrogen and oxygen atoms in total. The Balaban J connectivity index is 1.59. The second-order valence-corrected chi connectivity index (χ2v) is 11.7. The van der Waals surface area contributed by atoms with Crippen LogP contribution in [0.5, 0.6) is 0 Å². The number of fused-ring (bicyclic) bond motifs is 3. The molecule has 2 spiro atoms. The number of para-hydroxylation sites is 1. The van der Waals surface area contributed by atoms with Gasteiger partial charge in [0.25, 0.3) is 5.91 Å². The van der Waals surface area contributed by atoms with Gasteiger partial charge in [-0.2, -0.15) is 11.3 Å². The molecule has 0 radical (unpaired) electrons. The lowest BCUT2D eigenvalue weighted by Crippen LogP contribution is -2.62. The molecule has 8 heteroatoms. The highest BCUT2D eigenvalue weighted by molar-refractivity contribution is 8.25. The predicted octanol–water partition coefficient (Wildman–Crippen LogP) is 4.45. The van der Waals surface area contributed by atoms with E-state index in [0.717, 1.165) is 22.4 Å². The molecule has 3 atom stereocenters. The van der Waals surface area contributed by atoms with E-state index in [1.54, 1.807) is 28.2 Å². The molecule has 3 aliphatic rings. The van der Waals surface area contributed by atoms with Crippen LogP contribution in [0.15, 0.2) is 71.4 Å². The number of hydrogen-bond acceptors (Lipinski definition) is 6. The summed E-state index contributed by atoms with van der Waals surface area (Å²) in [7, 11) is 3.78. The normalized spacial score (nSPS) is 28.6. The van der Waals surface area contributed by atoms with Gasteiger partial charge in [-0.1, -0.05) is 72.5 Å². The Morgan fingerprint density at radius 1 is 1.00 bits per heavy atom. The van der Waals surface area contributed by atoms with Gasteiger partial charge in [-0.25, -0.2) is 0 Å². The summed E-state index contributed by atoms with van der Waals surface area (Å²) < 4.78 is -0.560. The molecule has 34 heavy (non-hydrogen) atoms. The van der Waals surface area contributed by atoms with E-state index in [2.05, 4.69) is 16.3 Å². The third kappa shape index (κ3) is 2.62. The second-order valence-electron chi connectivity index (χ2n) is 9.06. The van der Waals surface area contributed by atoms with Gasteiger partial charge in [0.1, 0.15) is 9.07 Å². The zero-order valence-corrected chi connectivity index (χ0v) is 21.3. The minimum absolute atomic E-state index is 0.0702. The van der Waals surface area contributed by atoms with Crippen molar-refractivity contribution in [3.05, 3.63) is 88.1 Å². The van der Waals surface area contributed by atoms with Crippen molar-refractivity contribution in [2.75, 3.05) is 25.5 Å². The molecule has 3 unspecified atom stereocenters. The summed E-state index contributed by atoms with van der Waals surface area (Å²) >= 11 is 8.88. The van der Waals surface area contributed by atoms with Gasteiger partial charge in [0.05, 0.1) is 6.54 Å². The van der Waals surface area contributed by atoms with Crippen molar-refractivity contribution in [2.24, 2.45) is 0 Å². The maximum Gasteiger partial charge on any atom is 0.254 e. The van der Waals surface area contributed by atoms with Crippen LogP contribution in [0.1, 0.15) is 22.6 Å². The lowest BCUT2D eigenvalue weighted by atomic mass is 9.72.